The number of carboxylic acid groups (broad SMARTS) is 1. The van der Waals surface area contributed by atoms with Gasteiger partial charge in [0.15, 0.2) is 0 Å². The van der Waals surface area contributed by atoms with Gasteiger partial charge in [0.1, 0.15) is 5.60 Å². The Kier molecular flexibility index (Phi) is 5.67. The van der Waals surface area contributed by atoms with Crippen molar-refractivity contribution in [3.05, 3.63) is 34.9 Å². The van der Waals surface area contributed by atoms with E-state index in [2.05, 4.69) is 0 Å². The molecule has 1 aromatic rings. The molecule has 1 saturated heterocycles. The second kappa shape index (κ2) is 7.24. The molecular formula is C19H26ClNO4. The van der Waals surface area contributed by atoms with Gasteiger partial charge in [0.2, 0.25) is 0 Å². The highest BCUT2D eigenvalue weighted by Crippen LogP contribution is 2.46. The highest BCUT2D eigenvalue weighted by Gasteiger charge is 2.50. The number of ether oxygens (including phenoxy) is 1. The number of hydrogen-bond acceptors (Lipinski definition) is 3. The molecule has 1 heterocycles. The molecule has 2 unspecified atom stereocenters. The van der Waals surface area contributed by atoms with Crippen LogP contribution in [-0.2, 0) is 9.53 Å². The molecule has 2 atom stereocenters. The number of hydrogen-bond donors (Lipinski definition) is 1. The van der Waals surface area contributed by atoms with Gasteiger partial charge in [-0.15, -0.1) is 0 Å². The first-order chi connectivity index (χ1) is 11.6. The lowest BCUT2D eigenvalue weighted by molar-refractivity contribution is -0.154. The summed E-state index contributed by atoms with van der Waals surface area (Å²) >= 11 is 5.96. The molecule has 1 aliphatic rings. The van der Waals surface area contributed by atoms with Gasteiger partial charge in [-0.3, -0.25) is 4.79 Å². The van der Waals surface area contributed by atoms with Gasteiger partial charge in [-0.2, -0.15) is 0 Å². The van der Waals surface area contributed by atoms with Gasteiger partial charge in [0.05, 0.1) is 5.41 Å². The Bertz CT molecular complexity index is 638. The zero-order chi connectivity index (χ0) is 18.8. The number of benzene rings is 1. The van der Waals surface area contributed by atoms with Gasteiger partial charge in [-0.25, -0.2) is 4.79 Å². The molecule has 1 N–H and O–H groups in total. The predicted octanol–water partition coefficient (Wildman–Crippen LogP) is 4.55. The summed E-state index contributed by atoms with van der Waals surface area (Å²) in [5, 5.41) is 10.6. The molecular weight excluding hydrogens is 342 g/mol. The van der Waals surface area contributed by atoms with E-state index in [4.69, 9.17) is 16.3 Å². The molecule has 5 nitrogen and oxygen atoms in total. The van der Waals surface area contributed by atoms with Gasteiger partial charge < -0.3 is 14.7 Å². The summed E-state index contributed by atoms with van der Waals surface area (Å²) in [6.45, 7) is 7.87. The van der Waals surface area contributed by atoms with E-state index >= 15 is 0 Å². The molecule has 0 spiro atoms. The Labute approximate surface area is 153 Å². The van der Waals surface area contributed by atoms with Crippen LogP contribution >= 0.6 is 11.6 Å². The molecule has 0 aromatic heterocycles. The largest absolute Gasteiger partial charge is 0.481 e. The summed E-state index contributed by atoms with van der Waals surface area (Å²) in [5.41, 5.74) is -0.706. The smallest absolute Gasteiger partial charge is 0.410 e. The number of piperidine rings is 1. The minimum atomic E-state index is -1.04. The van der Waals surface area contributed by atoms with E-state index in [0.717, 1.165) is 5.56 Å². The van der Waals surface area contributed by atoms with Crippen LogP contribution in [0.15, 0.2) is 24.3 Å². The molecule has 2 rings (SSSR count). The van der Waals surface area contributed by atoms with E-state index in [0.29, 0.717) is 24.4 Å². The minimum Gasteiger partial charge on any atom is -0.481 e. The molecule has 0 bridgehead atoms. The van der Waals surface area contributed by atoms with Crippen LogP contribution in [0.5, 0.6) is 0 Å². The van der Waals surface area contributed by atoms with Crippen molar-refractivity contribution in [3.8, 4) is 0 Å². The van der Waals surface area contributed by atoms with Gasteiger partial charge >= 0.3 is 12.1 Å². The van der Waals surface area contributed by atoms with E-state index in [9.17, 15) is 14.7 Å². The average Bonchev–Trinajstić information content (AvgIpc) is 2.53. The first-order valence-corrected chi connectivity index (χ1v) is 8.93. The monoisotopic (exact) mass is 367 g/mol. The van der Waals surface area contributed by atoms with Crippen molar-refractivity contribution >= 4 is 23.7 Å². The summed E-state index contributed by atoms with van der Waals surface area (Å²) < 4.78 is 5.43. The molecule has 138 valence electrons. The Hall–Kier alpha value is -1.75. The van der Waals surface area contributed by atoms with Crippen LogP contribution in [0.4, 0.5) is 4.79 Å². The Balaban J connectivity index is 2.31. The van der Waals surface area contributed by atoms with Crippen LogP contribution in [0.3, 0.4) is 0 Å². The number of halogens is 1. The Morgan fingerprint density at radius 3 is 2.40 bits per heavy atom. The van der Waals surface area contributed by atoms with E-state index in [1.54, 1.807) is 32.9 Å². The number of rotatable bonds is 3. The number of aliphatic carboxylic acids is 1. The van der Waals surface area contributed by atoms with Gasteiger partial charge in [0, 0.05) is 24.0 Å². The molecule has 1 aromatic carbocycles. The molecule has 0 aliphatic carbocycles. The fourth-order valence-corrected chi connectivity index (χ4v) is 3.61. The van der Waals surface area contributed by atoms with Gasteiger partial charge in [0.25, 0.3) is 0 Å². The Morgan fingerprint density at radius 1 is 1.32 bits per heavy atom. The van der Waals surface area contributed by atoms with Crippen molar-refractivity contribution < 1.29 is 19.4 Å². The van der Waals surface area contributed by atoms with Crippen molar-refractivity contribution in [2.24, 2.45) is 5.41 Å². The molecule has 0 saturated carbocycles. The number of carboxylic acids is 1. The van der Waals surface area contributed by atoms with Crippen LogP contribution in [0, 0.1) is 5.41 Å². The average molecular weight is 368 g/mol. The van der Waals surface area contributed by atoms with Gasteiger partial charge in [-0.05, 0) is 51.3 Å². The highest BCUT2D eigenvalue weighted by molar-refractivity contribution is 6.30. The van der Waals surface area contributed by atoms with Gasteiger partial charge in [-0.1, -0.05) is 30.7 Å². The molecule has 1 aliphatic heterocycles. The standard InChI is InChI=1S/C19H26ClNO4/c1-5-19(16(22)23)12-21(17(24)25-18(2,3)4)11-10-15(19)13-6-8-14(20)9-7-13/h6-9,15H,5,10-12H2,1-4H3,(H,22,23). The molecule has 25 heavy (non-hydrogen) atoms. The second-order valence-electron chi connectivity index (χ2n) is 7.61. The number of amides is 1. The summed E-state index contributed by atoms with van der Waals surface area (Å²) in [6.07, 6.45) is 0.539. The van der Waals surface area contributed by atoms with Crippen LogP contribution in [0.1, 0.15) is 52.0 Å². The molecule has 0 radical (unpaired) electrons. The zero-order valence-electron chi connectivity index (χ0n) is 15.2. The summed E-state index contributed by atoms with van der Waals surface area (Å²) in [7, 11) is 0. The van der Waals surface area contributed by atoms with Crippen molar-refractivity contribution in [2.75, 3.05) is 13.1 Å². The number of likely N-dealkylation sites (tertiary alicyclic amines) is 1. The fraction of sp³-hybridized carbons (Fsp3) is 0.579. The molecule has 6 heteroatoms. The molecule has 1 amide bonds. The van der Waals surface area contributed by atoms with Crippen molar-refractivity contribution in [2.45, 2.75) is 52.1 Å². The first-order valence-electron chi connectivity index (χ1n) is 8.56. The second-order valence-corrected chi connectivity index (χ2v) is 8.05. The maximum absolute atomic E-state index is 12.4. The maximum atomic E-state index is 12.4. The number of carbonyl (C=O) groups excluding carboxylic acids is 1. The molecule has 1 fully saturated rings. The van der Waals surface area contributed by atoms with E-state index < -0.39 is 23.1 Å². The third-order valence-corrected chi connectivity index (χ3v) is 5.06. The highest BCUT2D eigenvalue weighted by atomic mass is 35.5. The number of carbonyl (C=O) groups is 2. The minimum absolute atomic E-state index is 0.140. The SMILES string of the molecule is CCC1(C(=O)O)CN(C(=O)OC(C)(C)C)CCC1c1ccc(Cl)cc1. The van der Waals surface area contributed by atoms with E-state index in [1.165, 1.54) is 4.90 Å². The zero-order valence-corrected chi connectivity index (χ0v) is 16.0. The number of nitrogens with zero attached hydrogens (tertiary/aromatic N) is 1. The van der Waals surface area contributed by atoms with Crippen molar-refractivity contribution in [1.82, 2.24) is 4.90 Å². The van der Waals surface area contributed by atoms with Crippen LogP contribution in [0.25, 0.3) is 0 Å². The summed E-state index contributed by atoms with van der Waals surface area (Å²) in [6, 6.07) is 7.31. The van der Waals surface area contributed by atoms with Crippen LogP contribution < -0.4 is 0 Å². The quantitative estimate of drug-likeness (QED) is 0.851. The normalized spacial score (nSPS) is 24.0. The van der Waals surface area contributed by atoms with E-state index in [-0.39, 0.29) is 12.5 Å². The fourth-order valence-electron chi connectivity index (χ4n) is 3.48. The van der Waals surface area contributed by atoms with E-state index in [1.807, 2.05) is 19.1 Å². The van der Waals surface area contributed by atoms with Crippen molar-refractivity contribution in [1.29, 1.82) is 0 Å². The lowest BCUT2D eigenvalue weighted by Gasteiger charge is -2.45. The summed E-state index contributed by atoms with van der Waals surface area (Å²) in [4.78, 5) is 26.2. The lowest BCUT2D eigenvalue weighted by Crippen LogP contribution is -2.54. The third-order valence-electron chi connectivity index (χ3n) is 4.81. The predicted molar refractivity (Wildman–Crippen MR) is 97.0 cm³/mol. The maximum Gasteiger partial charge on any atom is 0.410 e. The third kappa shape index (κ3) is 4.27. The summed E-state index contributed by atoms with van der Waals surface area (Å²) in [5.74, 6) is -1.06. The lowest BCUT2D eigenvalue weighted by atomic mass is 9.66. The van der Waals surface area contributed by atoms with Crippen LogP contribution in [-0.4, -0.2) is 40.8 Å². The van der Waals surface area contributed by atoms with Crippen LogP contribution in [0.2, 0.25) is 5.02 Å². The first kappa shape index (κ1) is 19.6. The van der Waals surface area contributed by atoms with Crippen molar-refractivity contribution in [3.63, 3.8) is 0 Å². The Morgan fingerprint density at radius 2 is 1.92 bits per heavy atom. The topological polar surface area (TPSA) is 66.8 Å².